The molecule has 0 aromatic heterocycles. The zero-order valence-corrected chi connectivity index (χ0v) is 16.8. The van der Waals surface area contributed by atoms with Crippen molar-refractivity contribution in [1.29, 1.82) is 0 Å². The summed E-state index contributed by atoms with van der Waals surface area (Å²) in [6.45, 7) is 6.84. The fourth-order valence-electron chi connectivity index (χ4n) is 3.54. The molecule has 140 valence electrons. The summed E-state index contributed by atoms with van der Waals surface area (Å²) < 4.78 is 11.7. The number of rotatable bonds is 17. The quantitative estimate of drug-likeness (QED) is 0.209. The highest BCUT2D eigenvalue weighted by Gasteiger charge is 2.35. The average Bonchev–Trinajstić information content (AvgIpc) is 2.57. The third-order valence-electron chi connectivity index (χ3n) is 5.31. The lowest BCUT2D eigenvalue weighted by Gasteiger charge is -2.37. The van der Waals surface area contributed by atoms with E-state index in [-0.39, 0.29) is 5.79 Å². The van der Waals surface area contributed by atoms with Gasteiger partial charge in [0.25, 0.3) is 0 Å². The molecule has 23 heavy (non-hydrogen) atoms. The Kier molecular flexibility index (Phi) is 15.4. The predicted molar refractivity (Wildman–Crippen MR) is 102 cm³/mol. The second kappa shape index (κ2) is 15.4. The molecule has 0 amide bonds. The third kappa shape index (κ3) is 10.4. The first-order valence-electron chi connectivity index (χ1n) is 10.3. The van der Waals surface area contributed by atoms with Crippen LogP contribution in [0.4, 0.5) is 0 Å². The van der Waals surface area contributed by atoms with E-state index in [9.17, 15) is 0 Å². The second-order valence-electron chi connectivity index (χ2n) is 7.20. The van der Waals surface area contributed by atoms with Crippen LogP contribution in [0.25, 0.3) is 0 Å². The molecule has 0 saturated carbocycles. The molecule has 0 aliphatic heterocycles. The standard InChI is InChI=1S/C21H44O2/c1-6-8-10-12-14-16-18-20(3)21(22-4,23-5)19-17-15-13-11-9-7-2/h20H,6-19H2,1-5H3. The molecule has 0 fully saturated rings. The maximum atomic E-state index is 5.85. The van der Waals surface area contributed by atoms with Crippen molar-refractivity contribution in [3.8, 4) is 0 Å². The number of hydrogen-bond donors (Lipinski definition) is 0. The SMILES string of the molecule is CCCCCCCCC(C)C(CCCCCCCC)(OC)OC. The number of hydrogen-bond acceptors (Lipinski definition) is 2. The Morgan fingerprint density at radius 1 is 0.652 bits per heavy atom. The number of ether oxygens (including phenoxy) is 2. The van der Waals surface area contributed by atoms with Crippen molar-refractivity contribution in [2.75, 3.05) is 14.2 Å². The Balaban J connectivity index is 4.02. The Morgan fingerprint density at radius 3 is 1.57 bits per heavy atom. The Morgan fingerprint density at radius 2 is 1.09 bits per heavy atom. The second-order valence-corrected chi connectivity index (χ2v) is 7.20. The minimum Gasteiger partial charge on any atom is -0.353 e. The van der Waals surface area contributed by atoms with Crippen molar-refractivity contribution >= 4 is 0 Å². The molecule has 0 N–H and O–H groups in total. The molecule has 2 nitrogen and oxygen atoms in total. The molecule has 0 radical (unpaired) electrons. The molecule has 0 aromatic rings. The first-order chi connectivity index (χ1) is 11.2. The highest BCUT2D eigenvalue weighted by molar-refractivity contribution is 4.76. The topological polar surface area (TPSA) is 18.5 Å². The molecular weight excluding hydrogens is 284 g/mol. The third-order valence-corrected chi connectivity index (χ3v) is 5.31. The summed E-state index contributed by atoms with van der Waals surface area (Å²) in [4.78, 5) is 0. The van der Waals surface area contributed by atoms with Gasteiger partial charge < -0.3 is 9.47 Å². The van der Waals surface area contributed by atoms with Crippen molar-refractivity contribution in [1.82, 2.24) is 0 Å². The molecule has 2 heteroatoms. The van der Waals surface area contributed by atoms with E-state index in [0.29, 0.717) is 5.92 Å². The van der Waals surface area contributed by atoms with E-state index in [2.05, 4.69) is 20.8 Å². The fraction of sp³-hybridized carbons (Fsp3) is 1.00. The van der Waals surface area contributed by atoms with Gasteiger partial charge in [-0.05, 0) is 12.8 Å². The van der Waals surface area contributed by atoms with Crippen LogP contribution in [-0.4, -0.2) is 20.0 Å². The van der Waals surface area contributed by atoms with Gasteiger partial charge in [-0.3, -0.25) is 0 Å². The highest BCUT2D eigenvalue weighted by Crippen LogP contribution is 2.32. The Hall–Kier alpha value is -0.0800. The molecule has 0 rings (SSSR count). The lowest BCUT2D eigenvalue weighted by Crippen LogP contribution is -2.40. The highest BCUT2D eigenvalue weighted by atomic mass is 16.7. The predicted octanol–water partition coefficient (Wildman–Crippen LogP) is 7.11. The minimum atomic E-state index is -0.367. The molecule has 1 atom stereocenters. The molecule has 0 saturated heterocycles. The van der Waals surface area contributed by atoms with Gasteiger partial charge in [-0.2, -0.15) is 0 Å². The smallest absolute Gasteiger partial charge is 0.170 e. The summed E-state index contributed by atoms with van der Waals surface area (Å²) in [7, 11) is 3.64. The van der Waals surface area contributed by atoms with Crippen LogP contribution in [0, 0.1) is 5.92 Å². The lowest BCUT2D eigenvalue weighted by atomic mass is 9.89. The summed E-state index contributed by atoms with van der Waals surface area (Å²) in [5.74, 6) is 0.105. The zero-order chi connectivity index (χ0) is 17.4. The fourth-order valence-corrected chi connectivity index (χ4v) is 3.54. The zero-order valence-electron chi connectivity index (χ0n) is 16.8. The molecule has 0 bridgehead atoms. The van der Waals surface area contributed by atoms with E-state index in [1.165, 1.54) is 83.5 Å². The first kappa shape index (κ1) is 22.9. The molecule has 0 aromatic carbocycles. The first-order valence-corrected chi connectivity index (χ1v) is 10.3. The van der Waals surface area contributed by atoms with Crippen LogP contribution in [0.2, 0.25) is 0 Å². The molecule has 0 spiro atoms. The van der Waals surface area contributed by atoms with Crippen LogP contribution in [0.3, 0.4) is 0 Å². The molecule has 0 aliphatic rings. The van der Waals surface area contributed by atoms with Crippen LogP contribution in [0.5, 0.6) is 0 Å². The van der Waals surface area contributed by atoms with E-state index >= 15 is 0 Å². The van der Waals surface area contributed by atoms with Gasteiger partial charge in [-0.15, -0.1) is 0 Å². The summed E-state index contributed by atoms with van der Waals surface area (Å²) in [6.07, 6.45) is 18.3. The van der Waals surface area contributed by atoms with E-state index in [0.717, 1.165) is 6.42 Å². The number of methoxy groups -OCH3 is 2. The normalized spacial score (nSPS) is 13.4. The minimum absolute atomic E-state index is 0.367. The Labute approximate surface area is 146 Å². The summed E-state index contributed by atoms with van der Waals surface area (Å²) in [5.41, 5.74) is 0. The van der Waals surface area contributed by atoms with E-state index in [4.69, 9.17) is 9.47 Å². The van der Waals surface area contributed by atoms with Gasteiger partial charge in [0.15, 0.2) is 5.79 Å². The van der Waals surface area contributed by atoms with Crippen LogP contribution in [-0.2, 0) is 9.47 Å². The van der Waals surface area contributed by atoms with Gasteiger partial charge in [0.1, 0.15) is 0 Å². The van der Waals surface area contributed by atoms with Crippen molar-refractivity contribution in [3.63, 3.8) is 0 Å². The Bertz CT molecular complexity index is 236. The number of unbranched alkanes of at least 4 members (excludes halogenated alkanes) is 10. The summed E-state index contributed by atoms with van der Waals surface area (Å²) in [6, 6.07) is 0. The summed E-state index contributed by atoms with van der Waals surface area (Å²) in [5, 5.41) is 0. The lowest BCUT2D eigenvalue weighted by molar-refractivity contribution is -0.242. The molecule has 1 unspecified atom stereocenters. The van der Waals surface area contributed by atoms with Crippen molar-refractivity contribution in [2.45, 2.75) is 116 Å². The van der Waals surface area contributed by atoms with E-state index < -0.39 is 0 Å². The molecular formula is C21H44O2. The monoisotopic (exact) mass is 328 g/mol. The maximum absolute atomic E-state index is 5.85. The van der Waals surface area contributed by atoms with Crippen LogP contribution >= 0.6 is 0 Å². The van der Waals surface area contributed by atoms with E-state index in [1.54, 1.807) is 0 Å². The van der Waals surface area contributed by atoms with Crippen molar-refractivity contribution in [2.24, 2.45) is 5.92 Å². The van der Waals surface area contributed by atoms with Gasteiger partial charge in [0, 0.05) is 26.6 Å². The van der Waals surface area contributed by atoms with Gasteiger partial charge in [-0.1, -0.05) is 91.4 Å². The van der Waals surface area contributed by atoms with Crippen LogP contribution in [0.15, 0.2) is 0 Å². The van der Waals surface area contributed by atoms with E-state index in [1.807, 2.05) is 14.2 Å². The van der Waals surface area contributed by atoms with Crippen molar-refractivity contribution < 1.29 is 9.47 Å². The van der Waals surface area contributed by atoms with Gasteiger partial charge in [0.05, 0.1) is 0 Å². The molecule has 0 aliphatic carbocycles. The summed E-state index contributed by atoms with van der Waals surface area (Å²) >= 11 is 0. The van der Waals surface area contributed by atoms with Crippen molar-refractivity contribution in [3.05, 3.63) is 0 Å². The van der Waals surface area contributed by atoms with Gasteiger partial charge in [0.2, 0.25) is 0 Å². The van der Waals surface area contributed by atoms with Crippen LogP contribution in [0.1, 0.15) is 111 Å². The largest absolute Gasteiger partial charge is 0.353 e. The average molecular weight is 329 g/mol. The molecule has 0 heterocycles. The van der Waals surface area contributed by atoms with Gasteiger partial charge >= 0.3 is 0 Å². The van der Waals surface area contributed by atoms with Gasteiger partial charge in [-0.25, -0.2) is 0 Å². The van der Waals surface area contributed by atoms with Crippen LogP contribution < -0.4 is 0 Å². The maximum Gasteiger partial charge on any atom is 0.170 e.